The summed E-state index contributed by atoms with van der Waals surface area (Å²) in [4.78, 5) is 17.3. The predicted molar refractivity (Wildman–Crippen MR) is 77.4 cm³/mol. The van der Waals surface area contributed by atoms with Gasteiger partial charge in [0.1, 0.15) is 5.69 Å². The Morgan fingerprint density at radius 3 is 2.00 bits per heavy atom. The standard InChI is InChI=1S/C14H13F8N3O2/c1-4-5-6(11(26)27)9(13(17,18)19)23-8(10(15)16)7(5)24-12(25(2)3)14(20,21)22/h10H,4H2,1-3H3,(H,26,27). The summed E-state index contributed by atoms with van der Waals surface area (Å²) >= 11 is 0. The van der Waals surface area contributed by atoms with Crippen molar-refractivity contribution in [1.29, 1.82) is 0 Å². The molecule has 1 heterocycles. The molecule has 13 heteroatoms. The third-order valence-electron chi connectivity index (χ3n) is 3.24. The number of alkyl halides is 8. The molecule has 1 aromatic rings. The zero-order valence-corrected chi connectivity index (χ0v) is 14.0. The fourth-order valence-electron chi connectivity index (χ4n) is 2.22. The number of hydrogen-bond acceptors (Lipinski definition) is 3. The molecule has 5 nitrogen and oxygen atoms in total. The Hall–Kier alpha value is -2.47. The number of carboxylic acids is 1. The number of aromatic carboxylic acids is 1. The second-order valence-corrected chi connectivity index (χ2v) is 5.33. The zero-order valence-electron chi connectivity index (χ0n) is 14.0. The van der Waals surface area contributed by atoms with Crippen LogP contribution >= 0.6 is 0 Å². The van der Waals surface area contributed by atoms with Crippen molar-refractivity contribution in [3.8, 4) is 0 Å². The minimum absolute atomic E-state index is 0.410. The molecule has 27 heavy (non-hydrogen) atoms. The molecule has 0 amide bonds. The van der Waals surface area contributed by atoms with Crippen LogP contribution in [0.25, 0.3) is 0 Å². The van der Waals surface area contributed by atoms with Gasteiger partial charge >= 0.3 is 18.3 Å². The SMILES string of the molecule is CCc1c(N=C(N(C)C)C(F)(F)F)c(C(F)F)nc(C(F)(F)F)c1C(=O)O. The molecule has 0 atom stereocenters. The van der Waals surface area contributed by atoms with Gasteiger partial charge in [0.25, 0.3) is 6.43 Å². The molecule has 0 spiro atoms. The van der Waals surface area contributed by atoms with E-state index in [4.69, 9.17) is 5.11 Å². The number of aromatic nitrogens is 1. The average molecular weight is 407 g/mol. The first-order valence-corrected chi connectivity index (χ1v) is 7.11. The number of rotatable bonds is 4. The van der Waals surface area contributed by atoms with Gasteiger partial charge in [-0.05, 0) is 12.0 Å². The van der Waals surface area contributed by atoms with E-state index in [1.807, 2.05) is 0 Å². The smallest absolute Gasteiger partial charge is 0.449 e. The van der Waals surface area contributed by atoms with Gasteiger partial charge in [-0.3, -0.25) is 0 Å². The lowest BCUT2D eigenvalue weighted by molar-refractivity contribution is -0.142. The Bertz CT molecular complexity index is 754. The molecule has 0 aliphatic rings. The highest BCUT2D eigenvalue weighted by Crippen LogP contribution is 2.41. The fourth-order valence-corrected chi connectivity index (χ4v) is 2.22. The molecule has 0 bridgehead atoms. The van der Waals surface area contributed by atoms with Gasteiger partial charge in [-0.2, -0.15) is 26.3 Å². The molecular formula is C14H13F8N3O2. The van der Waals surface area contributed by atoms with Gasteiger partial charge < -0.3 is 10.0 Å². The number of hydrogen-bond donors (Lipinski definition) is 1. The van der Waals surface area contributed by atoms with Gasteiger partial charge in [0.15, 0.2) is 5.69 Å². The molecule has 152 valence electrons. The number of pyridine rings is 1. The summed E-state index contributed by atoms with van der Waals surface area (Å²) in [7, 11) is 1.77. The van der Waals surface area contributed by atoms with E-state index >= 15 is 0 Å². The van der Waals surface area contributed by atoms with E-state index in [1.54, 1.807) is 0 Å². The third kappa shape index (κ3) is 4.83. The number of nitrogens with zero attached hydrogens (tertiary/aromatic N) is 3. The molecular weight excluding hydrogens is 394 g/mol. The van der Waals surface area contributed by atoms with E-state index in [-0.39, 0.29) is 0 Å². The van der Waals surface area contributed by atoms with Crippen LogP contribution < -0.4 is 0 Å². The second kappa shape index (κ2) is 7.64. The number of carboxylic acid groups (broad SMARTS) is 1. The van der Waals surface area contributed by atoms with Crippen molar-refractivity contribution in [2.24, 2.45) is 4.99 Å². The fraction of sp³-hybridized carbons (Fsp3) is 0.500. The van der Waals surface area contributed by atoms with Crippen LogP contribution in [0, 0.1) is 0 Å². The summed E-state index contributed by atoms with van der Waals surface area (Å²) in [5.41, 5.74) is -7.51. The van der Waals surface area contributed by atoms with Gasteiger partial charge in [0.2, 0.25) is 5.84 Å². The molecule has 0 aliphatic heterocycles. The molecule has 1 rings (SSSR count). The van der Waals surface area contributed by atoms with Crippen molar-refractivity contribution in [2.75, 3.05) is 14.1 Å². The summed E-state index contributed by atoms with van der Waals surface area (Å²) < 4.78 is 105. The normalized spacial score (nSPS) is 13.3. The summed E-state index contributed by atoms with van der Waals surface area (Å²) in [6.07, 6.45) is -14.9. The zero-order chi connectivity index (χ0) is 21.3. The van der Waals surface area contributed by atoms with Gasteiger partial charge in [-0.1, -0.05) is 6.92 Å². The first-order chi connectivity index (χ1) is 12.1. The molecule has 1 aromatic heterocycles. The van der Waals surface area contributed by atoms with Crippen LogP contribution in [0.15, 0.2) is 4.99 Å². The quantitative estimate of drug-likeness (QED) is 0.455. The number of carbonyl (C=O) groups is 1. The topological polar surface area (TPSA) is 65.8 Å². The highest BCUT2D eigenvalue weighted by molar-refractivity contribution is 5.95. The monoisotopic (exact) mass is 407 g/mol. The van der Waals surface area contributed by atoms with Crippen molar-refractivity contribution in [3.63, 3.8) is 0 Å². The lowest BCUT2D eigenvalue weighted by Crippen LogP contribution is -2.36. The van der Waals surface area contributed by atoms with E-state index in [0.29, 0.717) is 4.90 Å². The van der Waals surface area contributed by atoms with Crippen molar-refractivity contribution < 1.29 is 45.0 Å². The van der Waals surface area contributed by atoms with Gasteiger partial charge in [0, 0.05) is 14.1 Å². The number of aliphatic imine (C=N–C) groups is 1. The summed E-state index contributed by atoms with van der Waals surface area (Å²) in [5.74, 6) is -3.89. The van der Waals surface area contributed by atoms with Crippen LogP contribution in [-0.4, -0.2) is 47.1 Å². The number of halogens is 8. The van der Waals surface area contributed by atoms with Crippen LogP contribution in [0.1, 0.15) is 40.7 Å². The van der Waals surface area contributed by atoms with Crippen LogP contribution in [0.3, 0.4) is 0 Å². The minimum Gasteiger partial charge on any atom is -0.478 e. The van der Waals surface area contributed by atoms with Gasteiger partial charge in [-0.15, -0.1) is 0 Å². The summed E-state index contributed by atoms with van der Waals surface area (Å²) in [6, 6.07) is 0. The Balaban J connectivity index is 4.10. The highest BCUT2D eigenvalue weighted by atomic mass is 19.4. The highest BCUT2D eigenvalue weighted by Gasteiger charge is 2.43. The van der Waals surface area contributed by atoms with Crippen molar-refractivity contribution in [3.05, 3.63) is 22.5 Å². The lowest BCUT2D eigenvalue weighted by Gasteiger charge is -2.21. The molecule has 0 unspecified atom stereocenters. The van der Waals surface area contributed by atoms with Crippen LogP contribution in [0.4, 0.5) is 40.8 Å². The van der Waals surface area contributed by atoms with Crippen molar-refractivity contribution in [1.82, 2.24) is 9.88 Å². The molecule has 0 saturated carbocycles. The molecule has 1 N–H and O–H groups in total. The first kappa shape index (κ1) is 22.6. The molecule has 0 saturated heterocycles. The van der Waals surface area contributed by atoms with Crippen molar-refractivity contribution >= 4 is 17.5 Å². The van der Waals surface area contributed by atoms with Gasteiger partial charge in [0.05, 0.1) is 11.3 Å². The Labute approximate surface area is 147 Å². The molecule has 0 radical (unpaired) electrons. The van der Waals surface area contributed by atoms with E-state index in [1.165, 1.54) is 0 Å². The maximum Gasteiger partial charge on any atom is 0.449 e. The maximum absolute atomic E-state index is 13.3. The summed E-state index contributed by atoms with van der Waals surface area (Å²) in [6.45, 7) is 1.10. The van der Waals surface area contributed by atoms with Crippen LogP contribution in [0.2, 0.25) is 0 Å². The Morgan fingerprint density at radius 2 is 1.70 bits per heavy atom. The third-order valence-corrected chi connectivity index (χ3v) is 3.24. The summed E-state index contributed by atoms with van der Waals surface area (Å²) in [5, 5.41) is 9.09. The van der Waals surface area contributed by atoms with Gasteiger partial charge in [-0.25, -0.2) is 23.6 Å². The van der Waals surface area contributed by atoms with E-state index in [2.05, 4.69) is 9.98 Å². The van der Waals surface area contributed by atoms with E-state index in [0.717, 1.165) is 21.0 Å². The number of amidine groups is 1. The van der Waals surface area contributed by atoms with E-state index < -0.39 is 65.2 Å². The predicted octanol–water partition coefficient (Wildman–Crippen LogP) is 4.45. The average Bonchev–Trinajstić information content (AvgIpc) is 2.47. The Morgan fingerprint density at radius 1 is 1.19 bits per heavy atom. The maximum atomic E-state index is 13.3. The van der Waals surface area contributed by atoms with Crippen LogP contribution in [-0.2, 0) is 12.6 Å². The molecule has 0 fully saturated rings. The van der Waals surface area contributed by atoms with Crippen molar-refractivity contribution in [2.45, 2.75) is 32.1 Å². The van der Waals surface area contributed by atoms with Crippen LogP contribution in [0.5, 0.6) is 0 Å². The second-order valence-electron chi connectivity index (χ2n) is 5.33. The largest absolute Gasteiger partial charge is 0.478 e. The lowest BCUT2D eigenvalue weighted by atomic mass is 9.99. The Kier molecular flexibility index (Phi) is 6.39. The van der Waals surface area contributed by atoms with E-state index in [9.17, 15) is 39.9 Å². The first-order valence-electron chi connectivity index (χ1n) is 7.11. The molecule has 0 aromatic carbocycles. The molecule has 0 aliphatic carbocycles. The minimum atomic E-state index is -5.42.